The van der Waals surface area contributed by atoms with Gasteiger partial charge in [0.2, 0.25) is 5.91 Å². The molecular weight excluding hydrogens is 518 g/mol. The Kier molecular flexibility index (Phi) is 9.26. The largest absolute Gasteiger partial charge is 0.497 e. The number of benzene rings is 2. The number of ether oxygens (including phenoxy) is 1. The van der Waals surface area contributed by atoms with E-state index in [9.17, 15) is 14.4 Å². The third-order valence-electron chi connectivity index (χ3n) is 7.91. The number of aromatic nitrogens is 1. The lowest BCUT2D eigenvalue weighted by Crippen LogP contribution is -2.48. The molecule has 0 radical (unpaired) electrons. The van der Waals surface area contributed by atoms with Gasteiger partial charge in [-0.1, -0.05) is 30.3 Å². The highest BCUT2D eigenvalue weighted by atomic mass is 16.5. The van der Waals surface area contributed by atoms with Crippen LogP contribution in [0.2, 0.25) is 0 Å². The maximum Gasteiger partial charge on any atom is 0.256 e. The molecule has 1 aromatic heterocycles. The standard InChI is InChI=1S/C32H37N5O4/c1-41-28-12-10-25(11-13-28)30(38)36(19-14-24-7-3-2-4-8-24)27-21-29(32(40)35-18-6-16-33-17-20-35)37(23-27)31(39)26-9-5-15-34-22-26/h2-5,7-13,15,22,27,29,33H,6,14,16-21,23H2,1H3. The van der Waals surface area contributed by atoms with E-state index in [0.29, 0.717) is 49.4 Å². The first kappa shape index (κ1) is 28.3. The minimum Gasteiger partial charge on any atom is -0.497 e. The lowest BCUT2D eigenvalue weighted by molar-refractivity contribution is -0.135. The first-order valence-corrected chi connectivity index (χ1v) is 14.2. The molecule has 9 heteroatoms. The molecule has 3 amide bonds. The van der Waals surface area contributed by atoms with Crippen molar-refractivity contribution in [1.82, 2.24) is 25.0 Å². The van der Waals surface area contributed by atoms with Gasteiger partial charge >= 0.3 is 0 Å². The van der Waals surface area contributed by atoms with Gasteiger partial charge in [0.1, 0.15) is 11.8 Å². The van der Waals surface area contributed by atoms with E-state index < -0.39 is 6.04 Å². The van der Waals surface area contributed by atoms with Crippen molar-refractivity contribution < 1.29 is 19.1 Å². The summed E-state index contributed by atoms with van der Waals surface area (Å²) in [6.07, 6.45) is 5.05. The van der Waals surface area contributed by atoms with Crippen LogP contribution in [0.1, 0.15) is 39.1 Å². The molecule has 0 saturated carbocycles. The van der Waals surface area contributed by atoms with E-state index in [1.165, 1.54) is 6.20 Å². The highest BCUT2D eigenvalue weighted by molar-refractivity contribution is 5.98. The van der Waals surface area contributed by atoms with E-state index >= 15 is 0 Å². The summed E-state index contributed by atoms with van der Waals surface area (Å²) in [6.45, 7) is 3.55. The highest BCUT2D eigenvalue weighted by Gasteiger charge is 2.44. The van der Waals surface area contributed by atoms with Crippen LogP contribution in [0, 0.1) is 0 Å². The second-order valence-electron chi connectivity index (χ2n) is 10.5. The highest BCUT2D eigenvalue weighted by Crippen LogP contribution is 2.28. The predicted octanol–water partition coefficient (Wildman–Crippen LogP) is 2.88. The van der Waals surface area contributed by atoms with E-state index in [4.69, 9.17) is 4.74 Å². The van der Waals surface area contributed by atoms with Crippen LogP contribution in [0.15, 0.2) is 79.1 Å². The van der Waals surface area contributed by atoms with Gasteiger partial charge in [-0.2, -0.15) is 0 Å². The lowest BCUT2D eigenvalue weighted by Gasteiger charge is -2.29. The third-order valence-corrected chi connectivity index (χ3v) is 7.91. The Labute approximate surface area is 241 Å². The van der Waals surface area contributed by atoms with Crippen LogP contribution in [-0.4, -0.2) is 95.9 Å². The Bertz CT molecular complexity index is 1310. The molecule has 2 aliphatic rings. The number of rotatable bonds is 8. The number of carbonyl (C=O) groups excluding carboxylic acids is 3. The molecule has 2 saturated heterocycles. The fourth-order valence-electron chi connectivity index (χ4n) is 5.67. The van der Waals surface area contributed by atoms with Gasteiger partial charge in [-0.3, -0.25) is 19.4 Å². The van der Waals surface area contributed by atoms with Crippen LogP contribution in [0.4, 0.5) is 0 Å². The van der Waals surface area contributed by atoms with Crippen molar-refractivity contribution in [3.63, 3.8) is 0 Å². The topological polar surface area (TPSA) is 95.1 Å². The summed E-state index contributed by atoms with van der Waals surface area (Å²) in [5, 5.41) is 3.34. The summed E-state index contributed by atoms with van der Waals surface area (Å²) in [5.74, 6) is 0.235. The molecule has 2 atom stereocenters. The number of nitrogens with one attached hydrogen (secondary N) is 1. The van der Waals surface area contributed by atoms with Crippen LogP contribution in [0.5, 0.6) is 5.75 Å². The average molecular weight is 556 g/mol. The molecule has 5 rings (SSSR count). The SMILES string of the molecule is COc1ccc(C(=O)N(CCc2ccccc2)C2CC(C(=O)N3CCCNCC3)N(C(=O)c3cccnc3)C2)cc1. The van der Waals surface area contributed by atoms with Gasteiger partial charge < -0.3 is 24.8 Å². The molecule has 0 spiro atoms. The molecule has 2 unspecified atom stereocenters. The first-order valence-electron chi connectivity index (χ1n) is 14.2. The molecule has 214 valence electrons. The van der Waals surface area contributed by atoms with Gasteiger partial charge in [0, 0.05) is 50.7 Å². The molecule has 2 fully saturated rings. The van der Waals surface area contributed by atoms with Gasteiger partial charge in [0.25, 0.3) is 11.8 Å². The fraction of sp³-hybridized carbons (Fsp3) is 0.375. The monoisotopic (exact) mass is 555 g/mol. The van der Waals surface area contributed by atoms with Crippen LogP contribution in [-0.2, 0) is 11.2 Å². The lowest BCUT2D eigenvalue weighted by atomic mass is 10.1. The smallest absolute Gasteiger partial charge is 0.256 e. The maximum atomic E-state index is 14.0. The third kappa shape index (κ3) is 6.74. The molecular formula is C32H37N5O4. The Morgan fingerprint density at radius 2 is 1.78 bits per heavy atom. The summed E-state index contributed by atoms with van der Waals surface area (Å²) in [7, 11) is 1.59. The molecule has 2 aromatic carbocycles. The maximum absolute atomic E-state index is 14.0. The van der Waals surface area contributed by atoms with Gasteiger partial charge in [-0.15, -0.1) is 0 Å². The first-order chi connectivity index (χ1) is 20.0. The van der Waals surface area contributed by atoms with Crippen LogP contribution in [0.3, 0.4) is 0 Å². The Hall–Kier alpha value is -4.24. The van der Waals surface area contributed by atoms with Crippen LogP contribution < -0.4 is 10.1 Å². The van der Waals surface area contributed by atoms with E-state index in [1.54, 1.807) is 54.6 Å². The molecule has 3 heterocycles. The Morgan fingerprint density at radius 1 is 0.976 bits per heavy atom. The number of hydrogen-bond donors (Lipinski definition) is 1. The number of methoxy groups -OCH3 is 1. The number of hydrogen-bond acceptors (Lipinski definition) is 6. The van der Waals surface area contributed by atoms with Crippen molar-refractivity contribution in [3.05, 3.63) is 95.8 Å². The summed E-state index contributed by atoms with van der Waals surface area (Å²) >= 11 is 0. The molecule has 0 aliphatic carbocycles. The molecule has 9 nitrogen and oxygen atoms in total. The van der Waals surface area contributed by atoms with Crippen LogP contribution in [0.25, 0.3) is 0 Å². The number of nitrogens with zero attached hydrogens (tertiary/aromatic N) is 4. The molecule has 0 bridgehead atoms. The zero-order valence-electron chi connectivity index (χ0n) is 23.4. The molecule has 2 aliphatic heterocycles. The number of amides is 3. The molecule has 3 aromatic rings. The zero-order chi connectivity index (χ0) is 28.6. The summed E-state index contributed by atoms with van der Waals surface area (Å²) in [6, 6.07) is 19.6. The van der Waals surface area contributed by atoms with Crippen molar-refractivity contribution in [2.24, 2.45) is 0 Å². The zero-order valence-corrected chi connectivity index (χ0v) is 23.4. The van der Waals surface area contributed by atoms with E-state index in [2.05, 4.69) is 10.3 Å². The second kappa shape index (κ2) is 13.4. The van der Waals surface area contributed by atoms with Gasteiger partial charge in [-0.25, -0.2) is 0 Å². The molecule has 1 N–H and O–H groups in total. The van der Waals surface area contributed by atoms with Crippen molar-refractivity contribution in [3.8, 4) is 5.75 Å². The van der Waals surface area contributed by atoms with Gasteiger partial charge in [0.05, 0.1) is 18.7 Å². The minimum atomic E-state index is -0.659. The van der Waals surface area contributed by atoms with E-state index in [0.717, 1.165) is 25.1 Å². The van der Waals surface area contributed by atoms with Crippen molar-refractivity contribution in [2.75, 3.05) is 46.4 Å². The van der Waals surface area contributed by atoms with Crippen molar-refractivity contribution in [1.29, 1.82) is 0 Å². The number of likely N-dealkylation sites (tertiary alicyclic amines) is 1. The number of pyridine rings is 1. The van der Waals surface area contributed by atoms with Crippen LogP contribution >= 0.6 is 0 Å². The van der Waals surface area contributed by atoms with Gasteiger partial charge in [0.15, 0.2) is 0 Å². The number of carbonyl (C=O) groups is 3. The summed E-state index contributed by atoms with van der Waals surface area (Å²) in [4.78, 5) is 51.2. The predicted molar refractivity (Wildman–Crippen MR) is 156 cm³/mol. The van der Waals surface area contributed by atoms with Gasteiger partial charge in [-0.05, 0) is 67.8 Å². The molecule has 41 heavy (non-hydrogen) atoms. The van der Waals surface area contributed by atoms with E-state index in [1.807, 2.05) is 40.1 Å². The normalized spacial score (nSPS) is 19.0. The van der Waals surface area contributed by atoms with Crippen molar-refractivity contribution >= 4 is 17.7 Å². The average Bonchev–Trinajstić information content (AvgIpc) is 3.28. The second-order valence-corrected chi connectivity index (χ2v) is 10.5. The Morgan fingerprint density at radius 3 is 2.51 bits per heavy atom. The Balaban J connectivity index is 1.45. The minimum absolute atomic E-state index is 0.0617. The van der Waals surface area contributed by atoms with Crippen molar-refractivity contribution in [2.45, 2.75) is 31.3 Å². The summed E-state index contributed by atoms with van der Waals surface area (Å²) in [5.41, 5.74) is 2.09. The summed E-state index contributed by atoms with van der Waals surface area (Å²) < 4.78 is 5.28. The van der Waals surface area contributed by atoms with E-state index in [-0.39, 0.29) is 30.3 Å². The fourth-order valence-corrected chi connectivity index (χ4v) is 5.67. The quantitative estimate of drug-likeness (QED) is 0.460.